The maximum Gasteiger partial charge on any atom is 0.411 e. The molecular weight excluding hydrogens is 283 g/mol. The van der Waals surface area contributed by atoms with E-state index in [1.807, 2.05) is 0 Å². The number of nitrogens with zero attached hydrogens (tertiary/aromatic N) is 3. The Hall–Kier alpha value is -0.840. The van der Waals surface area contributed by atoms with Crippen LogP contribution in [0, 0.1) is 11.3 Å². The van der Waals surface area contributed by atoms with Gasteiger partial charge in [-0.3, -0.25) is 4.90 Å². The molecule has 0 spiro atoms. The van der Waals surface area contributed by atoms with Crippen molar-refractivity contribution >= 4 is 0 Å². The Labute approximate surface area is 124 Å². The van der Waals surface area contributed by atoms with Gasteiger partial charge in [0.05, 0.1) is 12.1 Å². The van der Waals surface area contributed by atoms with E-state index >= 15 is 0 Å². The molecule has 1 unspecified atom stereocenters. The molecule has 21 heavy (non-hydrogen) atoms. The molecule has 1 aliphatic heterocycles. The van der Waals surface area contributed by atoms with E-state index in [9.17, 15) is 13.2 Å². The zero-order chi connectivity index (χ0) is 15.7. The first kappa shape index (κ1) is 18.2. The highest BCUT2D eigenvalue weighted by Crippen LogP contribution is 2.14. The summed E-state index contributed by atoms with van der Waals surface area (Å²) in [6.07, 6.45) is -1.75. The molecule has 1 fully saturated rings. The minimum atomic E-state index is -4.24. The fraction of sp³-hybridized carbons (Fsp3) is 0.929. The first-order chi connectivity index (χ1) is 9.96. The lowest BCUT2D eigenvalue weighted by Crippen LogP contribution is -2.50. The molecule has 122 valence electrons. The second-order valence-electron chi connectivity index (χ2n) is 5.33. The maximum absolute atomic E-state index is 11.9. The Morgan fingerprint density at radius 1 is 1.24 bits per heavy atom. The molecule has 0 aromatic rings. The first-order valence-corrected chi connectivity index (χ1v) is 7.46. The second-order valence-corrected chi connectivity index (χ2v) is 5.33. The number of rotatable bonds is 8. The van der Waals surface area contributed by atoms with Gasteiger partial charge < -0.3 is 9.64 Å². The minimum Gasteiger partial charge on any atom is -0.372 e. The molecular formula is C14H24F3N3O. The van der Waals surface area contributed by atoms with Crippen LogP contribution in [0.4, 0.5) is 13.2 Å². The van der Waals surface area contributed by atoms with Crippen molar-refractivity contribution in [1.82, 2.24) is 9.80 Å². The molecule has 1 atom stereocenters. The van der Waals surface area contributed by atoms with E-state index in [-0.39, 0.29) is 12.6 Å². The van der Waals surface area contributed by atoms with Gasteiger partial charge in [0.25, 0.3) is 0 Å². The Morgan fingerprint density at radius 2 is 1.90 bits per heavy atom. The van der Waals surface area contributed by atoms with E-state index in [1.54, 1.807) is 0 Å². The number of alkyl halides is 3. The first-order valence-electron chi connectivity index (χ1n) is 7.46. The van der Waals surface area contributed by atoms with Gasteiger partial charge in [0.1, 0.15) is 6.61 Å². The Bertz CT molecular complexity index is 322. The summed E-state index contributed by atoms with van der Waals surface area (Å²) in [5.74, 6) is 0. The summed E-state index contributed by atoms with van der Waals surface area (Å²) in [5.41, 5.74) is 0. The zero-order valence-electron chi connectivity index (χ0n) is 12.5. The normalized spacial score (nSPS) is 19.4. The summed E-state index contributed by atoms with van der Waals surface area (Å²) in [7, 11) is 0. The predicted octanol–water partition coefficient (Wildman–Crippen LogP) is 2.27. The van der Waals surface area contributed by atoms with Crippen molar-refractivity contribution in [1.29, 1.82) is 5.26 Å². The molecule has 0 bridgehead atoms. The fourth-order valence-electron chi connectivity index (χ4n) is 2.48. The van der Waals surface area contributed by atoms with E-state index in [4.69, 9.17) is 5.26 Å². The van der Waals surface area contributed by atoms with Crippen molar-refractivity contribution in [3.8, 4) is 6.07 Å². The van der Waals surface area contributed by atoms with Crippen LogP contribution >= 0.6 is 0 Å². The Morgan fingerprint density at radius 3 is 2.43 bits per heavy atom. The van der Waals surface area contributed by atoms with E-state index in [0.29, 0.717) is 6.42 Å². The van der Waals surface area contributed by atoms with Gasteiger partial charge in [0.2, 0.25) is 0 Å². The van der Waals surface area contributed by atoms with Crippen LogP contribution in [0.3, 0.4) is 0 Å². The standard InChI is InChI=1S/C14H24F3N3O/c1-2-4-13(11-18)20-8-6-19(7-9-20)5-3-10-21-12-14(15,16)17/h13H,2-10,12H2,1H3. The molecule has 0 saturated carbocycles. The highest BCUT2D eigenvalue weighted by atomic mass is 19.4. The van der Waals surface area contributed by atoms with Crippen molar-refractivity contribution in [2.24, 2.45) is 0 Å². The molecule has 0 radical (unpaired) electrons. The minimum absolute atomic E-state index is 0.00716. The van der Waals surface area contributed by atoms with Crippen LogP contribution in [0.2, 0.25) is 0 Å². The third kappa shape index (κ3) is 7.65. The quantitative estimate of drug-likeness (QED) is 0.645. The molecule has 0 aliphatic carbocycles. The lowest BCUT2D eigenvalue weighted by atomic mass is 10.1. The van der Waals surface area contributed by atoms with Crippen molar-refractivity contribution in [2.45, 2.75) is 38.4 Å². The van der Waals surface area contributed by atoms with Crippen molar-refractivity contribution in [3.05, 3.63) is 0 Å². The van der Waals surface area contributed by atoms with Gasteiger partial charge >= 0.3 is 6.18 Å². The Balaban J connectivity index is 2.12. The van der Waals surface area contributed by atoms with E-state index in [2.05, 4.69) is 27.5 Å². The van der Waals surface area contributed by atoms with Crippen LogP contribution in [0.25, 0.3) is 0 Å². The Kier molecular flexibility index (Phi) is 8.01. The second kappa shape index (κ2) is 9.23. The van der Waals surface area contributed by atoms with Gasteiger partial charge in [-0.25, -0.2) is 0 Å². The molecule has 1 heterocycles. The topological polar surface area (TPSA) is 39.5 Å². The lowest BCUT2D eigenvalue weighted by molar-refractivity contribution is -0.174. The van der Waals surface area contributed by atoms with E-state index in [1.165, 1.54) is 0 Å². The number of hydrogen-bond donors (Lipinski definition) is 0. The van der Waals surface area contributed by atoms with Crippen molar-refractivity contribution in [2.75, 3.05) is 45.9 Å². The monoisotopic (exact) mass is 307 g/mol. The van der Waals surface area contributed by atoms with Gasteiger partial charge in [0, 0.05) is 39.3 Å². The molecule has 1 saturated heterocycles. The van der Waals surface area contributed by atoms with Crippen LogP contribution in [0.5, 0.6) is 0 Å². The smallest absolute Gasteiger partial charge is 0.372 e. The van der Waals surface area contributed by atoms with Gasteiger partial charge in [-0.1, -0.05) is 13.3 Å². The predicted molar refractivity (Wildman–Crippen MR) is 73.8 cm³/mol. The van der Waals surface area contributed by atoms with Gasteiger partial charge in [-0.05, 0) is 12.8 Å². The van der Waals surface area contributed by atoms with Crippen LogP contribution in [-0.2, 0) is 4.74 Å². The van der Waals surface area contributed by atoms with Gasteiger partial charge in [-0.2, -0.15) is 18.4 Å². The molecule has 4 nitrogen and oxygen atoms in total. The molecule has 0 amide bonds. The summed E-state index contributed by atoms with van der Waals surface area (Å²) in [5, 5.41) is 9.13. The maximum atomic E-state index is 11.9. The van der Waals surface area contributed by atoms with Crippen molar-refractivity contribution < 1.29 is 17.9 Å². The number of piperazine rings is 1. The van der Waals surface area contributed by atoms with Crippen LogP contribution < -0.4 is 0 Å². The summed E-state index contributed by atoms with van der Waals surface area (Å²) in [4.78, 5) is 4.41. The molecule has 0 N–H and O–H groups in total. The highest BCUT2D eigenvalue weighted by Gasteiger charge is 2.27. The van der Waals surface area contributed by atoms with Crippen molar-refractivity contribution in [3.63, 3.8) is 0 Å². The fourth-order valence-corrected chi connectivity index (χ4v) is 2.48. The van der Waals surface area contributed by atoms with Gasteiger partial charge in [-0.15, -0.1) is 0 Å². The highest BCUT2D eigenvalue weighted by molar-refractivity contribution is 4.93. The zero-order valence-corrected chi connectivity index (χ0v) is 12.5. The summed E-state index contributed by atoms with van der Waals surface area (Å²) < 4.78 is 40.2. The third-order valence-corrected chi connectivity index (χ3v) is 3.59. The molecule has 1 rings (SSSR count). The van der Waals surface area contributed by atoms with E-state index < -0.39 is 12.8 Å². The third-order valence-electron chi connectivity index (χ3n) is 3.59. The average molecular weight is 307 g/mol. The molecule has 0 aromatic carbocycles. The van der Waals surface area contributed by atoms with Gasteiger partial charge in [0.15, 0.2) is 0 Å². The van der Waals surface area contributed by atoms with E-state index in [0.717, 1.165) is 45.6 Å². The number of hydrogen-bond acceptors (Lipinski definition) is 4. The van der Waals surface area contributed by atoms with Crippen LogP contribution in [-0.4, -0.2) is 68.0 Å². The number of nitriles is 1. The largest absolute Gasteiger partial charge is 0.411 e. The SMILES string of the molecule is CCCC(C#N)N1CCN(CCCOCC(F)(F)F)CC1. The summed E-state index contributed by atoms with van der Waals surface area (Å²) in [6, 6.07) is 2.34. The van der Waals surface area contributed by atoms with Crippen LogP contribution in [0.1, 0.15) is 26.2 Å². The average Bonchev–Trinajstić information content (AvgIpc) is 2.44. The number of halogens is 3. The molecule has 1 aliphatic rings. The number of ether oxygens (including phenoxy) is 1. The summed E-state index contributed by atoms with van der Waals surface area (Å²) >= 11 is 0. The molecule has 0 aromatic heterocycles. The molecule has 7 heteroatoms. The lowest BCUT2D eigenvalue weighted by Gasteiger charge is -2.36. The van der Waals surface area contributed by atoms with Crippen LogP contribution in [0.15, 0.2) is 0 Å². The summed E-state index contributed by atoms with van der Waals surface area (Å²) in [6.45, 7) is 5.21.